The van der Waals surface area contributed by atoms with Gasteiger partial charge in [0.05, 0.1) is 33.5 Å². The fraction of sp³-hybridized carbons (Fsp3) is 0.391. The summed E-state index contributed by atoms with van der Waals surface area (Å²) < 4.78 is 32.1. The average molecular weight is 459 g/mol. The molecular weight excluding hydrogens is 432 g/mol. The normalized spacial score (nSPS) is 16.6. The zero-order chi connectivity index (χ0) is 22.0. The molecule has 0 bridgehead atoms. The van der Waals surface area contributed by atoms with Crippen molar-refractivity contribution in [2.45, 2.75) is 44.1 Å². The quantitative estimate of drug-likeness (QED) is 0.528. The van der Waals surface area contributed by atoms with Crippen molar-refractivity contribution >= 4 is 42.4 Å². The molecule has 8 heteroatoms. The lowest BCUT2D eigenvalue weighted by molar-refractivity contribution is -0.118. The summed E-state index contributed by atoms with van der Waals surface area (Å²) >= 11 is 1.47. The molecule has 1 saturated heterocycles. The Morgan fingerprint density at radius 3 is 2.71 bits per heavy atom. The van der Waals surface area contributed by atoms with Gasteiger partial charge in [0.25, 0.3) is 0 Å². The van der Waals surface area contributed by atoms with Crippen LogP contribution in [0.25, 0.3) is 10.2 Å². The minimum Gasteiger partial charge on any atom is -0.376 e. The van der Waals surface area contributed by atoms with Crippen molar-refractivity contribution in [2.75, 3.05) is 23.8 Å². The third-order valence-corrected chi connectivity index (χ3v) is 8.40. The first-order valence-electron chi connectivity index (χ1n) is 10.4. The molecule has 164 valence electrons. The third-order valence-electron chi connectivity index (χ3n) is 5.44. The lowest BCUT2D eigenvalue weighted by Gasteiger charge is -2.23. The Hall–Kier alpha value is -2.29. The predicted molar refractivity (Wildman–Crippen MR) is 124 cm³/mol. The lowest BCUT2D eigenvalue weighted by atomic mass is 10.1. The Kier molecular flexibility index (Phi) is 6.41. The van der Waals surface area contributed by atoms with Crippen molar-refractivity contribution in [2.24, 2.45) is 0 Å². The van der Waals surface area contributed by atoms with Crippen LogP contribution in [0.2, 0.25) is 0 Å². The summed E-state index contributed by atoms with van der Waals surface area (Å²) in [6.45, 7) is 5.14. The predicted octanol–water partition coefficient (Wildman–Crippen LogP) is 4.29. The van der Waals surface area contributed by atoms with Gasteiger partial charge >= 0.3 is 0 Å². The van der Waals surface area contributed by atoms with Crippen LogP contribution in [-0.2, 0) is 19.4 Å². The number of nitrogens with zero attached hydrogens (tertiary/aromatic N) is 2. The Balaban J connectivity index is 1.59. The lowest BCUT2D eigenvalue weighted by Crippen LogP contribution is -2.38. The number of benzene rings is 2. The van der Waals surface area contributed by atoms with Gasteiger partial charge in [-0.1, -0.05) is 35.6 Å². The highest BCUT2D eigenvalue weighted by molar-refractivity contribution is 7.91. The van der Waals surface area contributed by atoms with Crippen molar-refractivity contribution in [3.63, 3.8) is 0 Å². The Labute approximate surface area is 186 Å². The fourth-order valence-electron chi connectivity index (χ4n) is 3.86. The fourth-order valence-corrected chi connectivity index (χ4v) is 6.15. The van der Waals surface area contributed by atoms with Crippen LogP contribution in [0.5, 0.6) is 0 Å². The number of anilines is 1. The first-order valence-corrected chi connectivity index (χ1v) is 12.9. The number of sulfone groups is 1. The molecular formula is C23H26N2O4S2. The first-order chi connectivity index (χ1) is 14.8. The summed E-state index contributed by atoms with van der Waals surface area (Å²) in [7, 11) is -3.53. The maximum absolute atomic E-state index is 13.2. The molecule has 2 heterocycles. The number of thiazole rings is 1. The Morgan fingerprint density at radius 2 is 2.00 bits per heavy atom. The second kappa shape index (κ2) is 9.06. The molecule has 1 atom stereocenters. The maximum Gasteiger partial charge on any atom is 0.229 e. The summed E-state index contributed by atoms with van der Waals surface area (Å²) in [5.41, 5.74) is 3.10. The van der Waals surface area contributed by atoms with Gasteiger partial charge in [0, 0.05) is 13.0 Å². The highest BCUT2D eigenvalue weighted by Gasteiger charge is 2.27. The van der Waals surface area contributed by atoms with Gasteiger partial charge in [-0.3, -0.25) is 9.69 Å². The molecule has 1 aliphatic heterocycles. The molecule has 1 aliphatic rings. The molecule has 0 radical (unpaired) electrons. The number of hydrogen-bond donors (Lipinski definition) is 0. The molecule has 6 nitrogen and oxygen atoms in total. The molecule has 1 unspecified atom stereocenters. The van der Waals surface area contributed by atoms with E-state index in [2.05, 4.69) is 6.07 Å². The van der Waals surface area contributed by atoms with Crippen molar-refractivity contribution < 1.29 is 17.9 Å². The Morgan fingerprint density at radius 1 is 1.23 bits per heavy atom. The maximum atomic E-state index is 13.2. The molecule has 1 aromatic heterocycles. The first kappa shape index (κ1) is 21.9. The smallest absolute Gasteiger partial charge is 0.229 e. The zero-order valence-electron chi connectivity index (χ0n) is 17.7. The largest absolute Gasteiger partial charge is 0.376 e. The second-order valence-electron chi connectivity index (χ2n) is 7.95. The van der Waals surface area contributed by atoms with Crippen LogP contribution < -0.4 is 4.90 Å². The van der Waals surface area contributed by atoms with E-state index in [-0.39, 0.29) is 29.1 Å². The van der Waals surface area contributed by atoms with Gasteiger partial charge in [-0.05, 0) is 56.0 Å². The van der Waals surface area contributed by atoms with E-state index >= 15 is 0 Å². The number of fused-ring (bicyclic) bond motifs is 1. The van der Waals surface area contributed by atoms with Crippen LogP contribution in [0.4, 0.5) is 5.13 Å². The van der Waals surface area contributed by atoms with Crippen LogP contribution in [0.3, 0.4) is 0 Å². The molecule has 0 saturated carbocycles. The van der Waals surface area contributed by atoms with Crippen LogP contribution in [0.15, 0.2) is 47.4 Å². The monoisotopic (exact) mass is 458 g/mol. The van der Waals surface area contributed by atoms with E-state index in [1.807, 2.05) is 19.9 Å². The van der Waals surface area contributed by atoms with E-state index < -0.39 is 9.84 Å². The van der Waals surface area contributed by atoms with E-state index in [0.717, 1.165) is 34.2 Å². The van der Waals surface area contributed by atoms with Crippen molar-refractivity contribution in [1.82, 2.24) is 4.98 Å². The van der Waals surface area contributed by atoms with Crippen LogP contribution in [0, 0.1) is 13.8 Å². The number of hydrogen-bond acceptors (Lipinski definition) is 6. The van der Waals surface area contributed by atoms with Crippen molar-refractivity contribution in [1.29, 1.82) is 0 Å². The van der Waals surface area contributed by atoms with E-state index in [1.54, 1.807) is 35.2 Å². The molecule has 4 rings (SSSR count). The Bertz CT molecular complexity index is 1180. The van der Waals surface area contributed by atoms with Gasteiger partial charge < -0.3 is 4.74 Å². The van der Waals surface area contributed by atoms with Gasteiger partial charge in [-0.15, -0.1) is 0 Å². The standard InChI is InChI=1S/C23H26N2O4S2/c1-16-13-17(2)22-20(14-16)24-23(30-22)25(15-18-7-6-11-29-18)21(26)10-12-31(27,28)19-8-4-3-5-9-19/h3-5,8-9,13-14,18H,6-7,10-12,15H2,1-2H3. The van der Waals surface area contributed by atoms with Gasteiger partial charge in [-0.2, -0.15) is 0 Å². The second-order valence-corrected chi connectivity index (χ2v) is 11.0. The molecule has 31 heavy (non-hydrogen) atoms. The minimum atomic E-state index is -3.53. The van der Waals surface area contributed by atoms with Gasteiger partial charge in [-0.25, -0.2) is 13.4 Å². The van der Waals surface area contributed by atoms with Crippen molar-refractivity contribution in [3.8, 4) is 0 Å². The summed E-state index contributed by atoms with van der Waals surface area (Å²) in [5.74, 6) is -0.482. The van der Waals surface area contributed by atoms with E-state index in [9.17, 15) is 13.2 Å². The summed E-state index contributed by atoms with van der Waals surface area (Å²) in [6.07, 6.45) is 1.70. The topological polar surface area (TPSA) is 76.6 Å². The summed E-state index contributed by atoms with van der Waals surface area (Å²) in [4.78, 5) is 19.8. The summed E-state index contributed by atoms with van der Waals surface area (Å²) in [5, 5.41) is 0.598. The molecule has 2 aromatic carbocycles. The minimum absolute atomic E-state index is 0.0514. The molecule has 0 aliphatic carbocycles. The molecule has 0 N–H and O–H groups in total. The molecule has 1 amide bonds. The van der Waals surface area contributed by atoms with Crippen LogP contribution in [-0.4, -0.2) is 44.3 Å². The zero-order valence-corrected chi connectivity index (χ0v) is 19.3. The third kappa shape index (κ3) is 4.97. The molecule has 3 aromatic rings. The molecule has 1 fully saturated rings. The highest BCUT2D eigenvalue weighted by Crippen LogP contribution is 2.33. The number of ether oxygens (including phenoxy) is 1. The van der Waals surface area contributed by atoms with Crippen LogP contribution in [0.1, 0.15) is 30.4 Å². The van der Waals surface area contributed by atoms with Gasteiger partial charge in [0.1, 0.15) is 0 Å². The number of carbonyl (C=O) groups excluding carboxylic acids is 1. The molecule has 0 spiro atoms. The van der Waals surface area contributed by atoms with E-state index in [0.29, 0.717) is 18.3 Å². The van der Waals surface area contributed by atoms with Crippen LogP contribution >= 0.6 is 11.3 Å². The highest BCUT2D eigenvalue weighted by atomic mass is 32.2. The number of aryl methyl sites for hydroxylation is 2. The van der Waals surface area contributed by atoms with E-state index in [4.69, 9.17) is 9.72 Å². The average Bonchev–Trinajstić information content (AvgIpc) is 3.40. The van der Waals surface area contributed by atoms with Crippen molar-refractivity contribution in [3.05, 3.63) is 53.6 Å². The number of aromatic nitrogens is 1. The summed E-state index contributed by atoms with van der Waals surface area (Å²) in [6, 6.07) is 12.4. The van der Waals surface area contributed by atoms with Gasteiger partial charge in [0.15, 0.2) is 15.0 Å². The van der Waals surface area contributed by atoms with E-state index in [1.165, 1.54) is 11.3 Å². The number of carbonyl (C=O) groups is 1. The number of amides is 1. The number of rotatable bonds is 7. The van der Waals surface area contributed by atoms with Gasteiger partial charge in [0.2, 0.25) is 5.91 Å². The SMILES string of the molecule is Cc1cc(C)c2sc(N(CC3CCCO3)C(=O)CCS(=O)(=O)c3ccccc3)nc2c1.